The zero-order chi connectivity index (χ0) is 17.5. The Kier molecular flexibility index (Phi) is 5.65. The molecule has 3 N–H and O–H groups in total. The quantitative estimate of drug-likeness (QED) is 0.631. The lowest BCUT2D eigenvalue weighted by atomic mass is 10.3. The SMILES string of the molecule is CCNCc1cccc(NC(=O)Nc2csc(-c3ccccn3)n2)n1. The molecular formula is C17H18N6OS. The molecule has 128 valence electrons. The first-order valence-corrected chi connectivity index (χ1v) is 8.74. The monoisotopic (exact) mass is 354 g/mol. The van der Waals surface area contributed by atoms with Crippen LogP contribution in [0.2, 0.25) is 0 Å². The summed E-state index contributed by atoms with van der Waals surface area (Å²) in [6.45, 7) is 3.55. The van der Waals surface area contributed by atoms with Crippen LogP contribution >= 0.6 is 11.3 Å². The van der Waals surface area contributed by atoms with Gasteiger partial charge in [-0.3, -0.25) is 15.6 Å². The molecule has 0 aromatic carbocycles. The zero-order valence-electron chi connectivity index (χ0n) is 13.7. The summed E-state index contributed by atoms with van der Waals surface area (Å²) in [6.07, 6.45) is 1.71. The molecule has 8 heteroatoms. The van der Waals surface area contributed by atoms with Crippen molar-refractivity contribution in [3.63, 3.8) is 0 Å². The summed E-state index contributed by atoms with van der Waals surface area (Å²) >= 11 is 1.42. The van der Waals surface area contributed by atoms with E-state index >= 15 is 0 Å². The van der Waals surface area contributed by atoms with Crippen LogP contribution in [0.5, 0.6) is 0 Å². The first-order valence-electron chi connectivity index (χ1n) is 7.86. The third kappa shape index (κ3) is 4.82. The number of nitrogens with zero attached hydrogens (tertiary/aromatic N) is 3. The van der Waals surface area contributed by atoms with Crippen LogP contribution in [0.25, 0.3) is 10.7 Å². The second-order valence-corrected chi connectivity index (χ2v) is 5.98. The molecule has 3 aromatic rings. The van der Waals surface area contributed by atoms with E-state index in [4.69, 9.17) is 0 Å². The Labute approximate surface area is 149 Å². The van der Waals surface area contributed by atoms with E-state index in [1.165, 1.54) is 11.3 Å². The van der Waals surface area contributed by atoms with Crippen LogP contribution in [0.4, 0.5) is 16.4 Å². The molecule has 7 nitrogen and oxygen atoms in total. The number of nitrogens with one attached hydrogen (secondary N) is 3. The second kappa shape index (κ2) is 8.32. The van der Waals surface area contributed by atoms with E-state index in [0.717, 1.165) is 22.9 Å². The molecule has 3 rings (SSSR count). The molecule has 25 heavy (non-hydrogen) atoms. The van der Waals surface area contributed by atoms with Gasteiger partial charge in [-0.05, 0) is 30.8 Å². The fraction of sp³-hybridized carbons (Fsp3) is 0.176. The van der Waals surface area contributed by atoms with Crippen molar-refractivity contribution in [2.75, 3.05) is 17.2 Å². The van der Waals surface area contributed by atoms with Gasteiger partial charge in [0.2, 0.25) is 0 Å². The van der Waals surface area contributed by atoms with E-state index < -0.39 is 0 Å². The first kappa shape index (κ1) is 17.0. The molecule has 0 saturated heterocycles. The molecule has 0 aliphatic heterocycles. The predicted molar refractivity (Wildman–Crippen MR) is 99.6 cm³/mol. The first-order chi connectivity index (χ1) is 12.2. The maximum absolute atomic E-state index is 12.1. The number of carbonyl (C=O) groups is 1. The summed E-state index contributed by atoms with van der Waals surface area (Å²) in [6, 6.07) is 10.8. The van der Waals surface area contributed by atoms with Crippen molar-refractivity contribution >= 4 is 29.0 Å². The lowest BCUT2D eigenvalue weighted by Crippen LogP contribution is -2.21. The molecule has 0 radical (unpaired) electrons. The summed E-state index contributed by atoms with van der Waals surface area (Å²) in [7, 11) is 0. The minimum atomic E-state index is -0.383. The molecule has 0 fully saturated rings. The average molecular weight is 354 g/mol. The van der Waals surface area contributed by atoms with E-state index in [2.05, 4.69) is 30.9 Å². The molecule has 0 aliphatic carbocycles. The lowest BCUT2D eigenvalue weighted by molar-refractivity contribution is 0.262. The minimum absolute atomic E-state index is 0.383. The minimum Gasteiger partial charge on any atom is -0.311 e. The van der Waals surface area contributed by atoms with Gasteiger partial charge in [-0.25, -0.2) is 14.8 Å². The van der Waals surface area contributed by atoms with Gasteiger partial charge in [0.05, 0.1) is 11.4 Å². The highest BCUT2D eigenvalue weighted by molar-refractivity contribution is 7.13. The molecule has 3 aromatic heterocycles. The summed E-state index contributed by atoms with van der Waals surface area (Å²) in [5.41, 5.74) is 1.64. The van der Waals surface area contributed by atoms with E-state index in [9.17, 15) is 4.79 Å². The van der Waals surface area contributed by atoms with Crippen molar-refractivity contribution in [3.8, 4) is 10.7 Å². The molecule has 3 heterocycles. The van der Waals surface area contributed by atoms with Gasteiger partial charge in [0, 0.05) is 18.1 Å². The highest BCUT2D eigenvalue weighted by Gasteiger charge is 2.09. The molecular weight excluding hydrogens is 336 g/mol. The van der Waals surface area contributed by atoms with Crippen molar-refractivity contribution in [3.05, 3.63) is 53.7 Å². The van der Waals surface area contributed by atoms with Gasteiger partial charge in [-0.2, -0.15) is 0 Å². The molecule has 0 aliphatic rings. The highest BCUT2D eigenvalue weighted by atomic mass is 32.1. The van der Waals surface area contributed by atoms with Crippen LogP contribution in [-0.2, 0) is 6.54 Å². The van der Waals surface area contributed by atoms with E-state index in [-0.39, 0.29) is 6.03 Å². The number of anilines is 2. The number of hydrogen-bond donors (Lipinski definition) is 3. The van der Waals surface area contributed by atoms with Gasteiger partial charge in [0.15, 0.2) is 0 Å². The highest BCUT2D eigenvalue weighted by Crippen LogP contribution is 2.23. The molecule has 0 bridgehead atoms. The number of rotatable bonds is 6. The Morgan fingerprint density at radius 1 is 1.08 bits per heavy atom. The van der Waals surface area contributed by atoms with E-state index in [1.54, 1.807) is 17.6 Å². The van der Waals surface area contributed by atoms with Gasteiger partial charge in [0.1, 0.15) is 16.6 Å². The van der Waals surface area contributed by atoms with Crippen LogP contribution in [0.1, 0.15) is 12.6 Å². The Hall–Kier alpha value is -2.84. The Bertz CT molecular complexity index is 836. The van der Waals surface area contributed by atoms with E-state index in [0.29, 0.717) is 18.2 Å². The van der Waals surface area contributed by atoms with Crippen LogP contribution in [0.3, 0.4) is 0 Å². The van der Waals surface area contributed by atoms with Crippen molar-refractivity contribution < 1.29 is 4.79 Å². The van der Waals surface area contributed by atoms with Gasteiger partial charge in [-0.15, -0.1) is 11.3 Å². The van der Waals surface area contributed by atoms with Crippen LogP contribution in [0, 0.1) is 0 Å². The standard InChI is InChI=1S/C17H18N6OS/c1-2-18-10-12-6-5-8-14(20-12)22-17(24)23-15-11-25-16(21-15)13-7-3-4-9-19-13/h3-9,11,18H,2,10H2,1H3,(H2,20,22,23,24). The smallest absolute Gasteiger partial charge is 0.311 e. The Morgan fingerprint density at radius 3 is 2.76 bits per heavy atom. The second-order valence-electron chi connectivity index (χ2n) is 5.13. The number of pyridine rings is 2. The topological polar surface area (TPSA) is 91.8 Å². The molecule has 0 atom stereocenters. The van der Waals surface area contributed by atoms with Gasteiger partial charge < -0.3 is 5.32 Å². The maximum Gasteiger partial charge on any atom is 0.326 e. The summed E-state index contributed by atoms with van der Waals surface area (Å²) in [4.78, 5) is 25.1. The van der Waals surface area contributed by atoms with Gasteiger partial charge in [0.25, 0.3) is 0 Å². The number of aromatic nitrogens is 3. The van der Waals surface area contributed by atoms with Crippen molar-refractivity contribution in [1.29, 1.82) is 0 Å². The fourth-order valence-electron chi connectivity index (χ4n) is 2.10. The summed E-state index contributed by atoms with van der Waals surface area (Å²) < 4.78 is 0. The van der Waals surface area contributed by atoms with Crippen molar-refractivity contribution in [2.24, 2.45) is 0 Å². The fourth-order valence-corrected chi connectivity index (χ4v) is 2.83. The molecule has 0 saturated carbocycles. The number of hydrogen-bond acceptors (Lipinski definition) is 6. The Balaban J connectivity index is 1.60. The van der Waals surface area contributed by atoms with Gasteiger partial charge >= 0.3 is 6.03 Å². The predicted octanol–water partition coefficient (Wildman–Crippen LogP) is 3.35. The number of carbonyl (C=O) groups excluding carboxylic acids is 1. The molecule has 0 spiro atoms. The van der Waals surface area contributed by atoms with Gasteiger partial charge in [-0.1, -0.05) is 19.1 Å². The molecule has 2 amide bonds. The summed E-state index contributed by atoms with van der Waals surface area (Å²) in [5.74, 6) is 0.972. The third-order valence-electron chi connectivity index (χ3n) is 3.23. The van der Waals surface area contributed by atoms with Crippen LogP contribution in [0.15, 0.2) is 48.0 Å². The normalized spacial score (nSPS) is 10.4. The largest absolute Gasteiger partial charge is 0.326 e. The lowest BCUT2D eigenvalue weighted by Gasteiger charge is -2.07. The van der Waals surface area contributed by atoms with Crippen LogP contribution < -0.4 is 16.0 Å². The van der Waals surface area contributed by atoms with Crippen LogP contribution in [-0.4, -0.2) is 27.5 Å². The maximum atomic E-state index is 12.1. The Morgan fingerprint density at radius 2 is 1.96 bits per heavy atom. The third-order valence-corrected chi connectivity index (χ3v) is 4.10. The summed E-state index contributed by atoms with van der Waals surface area (Å²) in [5, 5.41) is 11.2. The number of amides is 2. The average Bonchev–Trinajstić information content (AvgIpc) is 3.09. The zero-order valence-corrected chi connectivity index (χ0v) is 14.5. The van der Waals surface area contributed by atoms with E-state index in [1.807, 2.05) is 37.3 Å². The number of thiazole rings is 1. The number of urea groups is 1. The van der Waals surface area contributed by atoms with Crippen molar-refractivity contribution in [2.45, 2.75) is 13.5 Å². The molecule has 0 unspecified atom stereocenters. The van der Waals surface area contributed by atoms with Crippen molar-refractivity contribution in [1.82, 2.24) is 20.3 Å².